The number of methoxy groups -OCH3 is 1. The number of aromatic nitrogens is 3. The van der Waals surface area contributed by atoms with Crippen molar-refractivity contribution in [1.82, 2.24) is 45.6 Å². The van der Waals surface area contributed by atoms with E-state index in [1.807, 2.05) is 89.7 Å². The number of nitrogens with zero attached hydrogens (tertiary/aromatic N) is 6. The van der Waals surface area contributed by atoms with E-state index in [9.17, 15) is 19.2 Å². The lowest BCUT2D eigenvalue weighted by Crippen LogP contribution is -2.60. The van der Waals surface area contributed by atoms with Crippen molar-refractivity contribution >= 4 is 52.1 Å². The maximum absolute atomic E-state index is 13.9. The Morgan fingerprint density at radius 1 is 0.882 bits per heavy atom. The third-order valence-corrected chi connectivity index (χ3v) is 15.0. The Labute approximate surface area is 450 Å². The number of nitrogens with two attached hydrogens (primary N) is 1. The summed E-state index contributed by atoms with van der Waals surface area (Å²) >= 11 is 6.25. The summed E-state index contributed by atoms with van der Waals surface area (Å²) in [6.45, 7) is 10.7. The maximum atomic E-state index is 13.9. The summed E-state index contributed by atoms with van der Waals surface area (Å²) in [4.78, 5) is 73.6. The minimum atomic E-state index is -1.02. The maximum Gasteiger partial charge on any atom is 0.251 e. The molecule has 2 atom stereocenters. The number of aromatic amines is 1. The highest BCUT2D eigenvalue weighted by atomic mass is 35.5. The van der Waals surface area contributed by atoms with Crippen molar-refractivity contribution in [2.45, 2.75) is 69.5 Å². The summed E-state index contributed by atoms with van der Waals surface area (Å²) in [7, 11) is 1.62. The molecule has 3 fully saturated rings. The van der Waals surface area contributed by atoms with E-state index in [0.717, 1.165) is 77.5 Å². The Hall–Kier alpha value is -6.35. The lowest BCUT2D eigenvalue weighted by Gasteiger charge is -2.39. The number of hydrogen-bond donors (Lipinski definition) is 5. The number of piperidine rings is 2. The zero-order chi connectivity index (χ0) is 53.3. The van der Waals surface area contributed by atoms with Gasteiger partial charge in [-0.25, -0.2) is 9.97 Å². The van der Waals surface area contributed by atoms with Crippen molar-refractivity contribution in [3.63, 3.8) is 0 Å². The molecule has 408 valence electrons. The fourth-order valence-corrected chi connectivity index (χ4v) is 10.3. The van der Waals surface area contributed by atoms with Crippen molar-refractivity contribution in [3.8, 4) is 11.5 Å². The molecule has 8 rings (SSSR count). The van der Waals surface area contributed by atoms with Crippen molar-refractivity contribution in [2.75, 3.05) is 117 Å². The molecule has 3 aliphatic rings. The number of benzene rings is 3. The van der Waals surface area contributed by atoms with E-state index in [-0.39, 0.29) is 48.6 Å². The Kier molecular flexibility index (Phi) is 20.3. The molecule has 0 spiro atoms. The third-order valence-electron chi connectivity index (χ3n) is 14.7. The molecule has 0 radical (unpaired) electrons. The molecule has 76 heavy (non-hydrogen) atoms. The van der Waals surface area contributed by atoms with Crippen LogP contribution in [0.1, 0.15) is 84.5 Å². The molecule has 1 unspecified atom stereocenters. The smallest absolute Gasteiger partial charge is 0.251 e. The highest BCUT2D eigenvalue weighted by Crippen LogP contribution is 2.31. The molecular formula is C56H74ClN11O8. The second-order valence-corrected chi connectivity index (χ2v) is 20.2. The normalized spacial score (nSPS) is 17.3. The molecule has 6 N–H and O–H groups in total. The van der Waals surface area contributed by atoms with Gasteiger partial charge in [0, 0.05) is 106 Å². The largest absolute Gasteiger partial charge is 0.497 e. The number of carbonyl (C=O) groups is 4. The van der Waals surface area contributed by atoms with Crippen LogP contribution in [0.3, 0.4) is 0 Å². The molecular weight excluding hydrogens is 990 g/mol. The standard InChI is InChI=1S/C56H74ClN11O8/c1-3-76-49-35-46(73-2)14-11-43(49)36-59-37-51(70)68-22-5-8-44(38-68)41-6-4-7-42(34-41)54(71)61-21-31-75-33-32-74-30-17-50(69)66-28-26-65(27-29-66)23-16-48(40-9-12-45(57)13-10-40)64-55(72)56(58)18-24-67(25-19-56)53-47-15-20-60-52(47)62-39-63-53/h4,6-7,9-15,20,34-35,39,44,48,59H,3,5,8,16-19,21-33,36-38,58H2,1-2H3,(H,61,71)(H,64,72)(H,60,62,63)/t44?,48-/m0/s1. The number of carbonyl (C=O) groups excluding carboxylic acids is 4. The summed E-state index contributed by atoms with van der Waals surface area (Å²) in [5, 5.41) is 11.1. The molecule has 3 saturated heterocycles. The molecule has 0 bridgehead atoms. The fourth-order valence-electron chi connectivity index (χ4n) is 10.2. The van der Waals surface area contributed by atoms with Crippen LogP contribution in [-0.2, 0) is 30.4 Å². The van der Waals surface area contributed by atoms with Crippen LogP contribution in [0.15, 0.2) is 85.3 Å². The van der Waals surface area contributed by atoms with Gasteiger partial charge in [-0.15, -0.1) is 0 Å². The van der Waals surface area contributed by atoms with E-state index in [0.29, 0.717) is 115 Å². The van der Waals surface area contributed by atoms with E-state index < -0.39 is 5.54 Å². The molecule has 20 heteroatoms. The van der Waals surface area contributed by atoms with Crippen LogP contribution in [0.5, 0.6) is 11.5 Å². The predicted octanol–water partition coefficient (Wildman–Crippen LogP) is 5.06. The number of halogens is 1. The number of amides is 4. The third kappa shape index (κ3) is 15.2. The van der Waals surface area contributed by atoms with Crippen molar-refractivity contribution in [1.29, 1.82) is 0 Å². The van der Waals surface area contributed by atoms with Gasteiger partial charge in [-0.1, -0.05) is 41.9 Å². The fraction of sp³-hybridized carbons (Fsp3) is 0.500. The molecule has 4 amide bonds. The number of rotatable bonds is 25. The quantitative estimate of drug-likeness (QED) is 0.0483. The second kappa shape index (κ2) is 27.6. The van der Waals surface area contributed by atoms with Crippen LogP contribution in [-0.4, -0.2) is 171 Å². The van der Waals surface area contributed by atoms with Gasteiger partial charge in [-0.05, 0) is 86.6 Å². The molecule has 2 aromatic heterocycles. The summed E-state index contributed by atoms with van der Waals surface area (Å²) in [6.07, 6.45) is 7.13. The van der Waals surface area contributed by atoms with Crippen LogP contribution in [0.4, 0.5) is 5.82 Å². The zero-order valence-electron chi connectivity index (χ0n) is 43.9. The number of ether oxygens (including phenoxy) is 4. The summed E-state index contributed by atoms with van der Waals surface area (Å²) < 4.78 is 22.5. The predicted molar refractivity (Wildman–Crippen MR) is 292 cm³/mol. The lowest BCUT2D eigenvalue weighted by atomic mass is 9.87. The number of hydrogen-bond acceptors (Lipinski definition) is 14. The topological polar surface area (TPSA) is 222 Å². The minimum Gasteiger partial charge on any atom is -0.497 e. The van der Waals surface area contributed by atoms with E-state index in [1.54, 1.807) is 19.5 Å². The molecule has 0 saturated carbocycles. The summed E-state index contributed by atoms with van der Waals surface area (Å²) in [5.74, 6) is 2.17. The first-order valence-corrected chi connectivity index (χ1v) is 27.1. The Morgan fingerprint density at radius 3 is 2.45 bits per heavy atom. The Balaban J connectivity index is 0.677. The monoisotopic (exact) mass is 1060 g/mol. The molecule has 5 heterocycles. The van der Waals surface area contributed by atoms with Gasteiger partial charge in [-0.3, -0.25) is 24.1 Å². The van der Waals surface area contributed by atoms with Gasteiger partial charge >= 0.3 is 0 Å². The van der Waals surface area contributed by atoms with Gasteiger partial charge in [0.15, 0.2) is 0 Å². The van der Waals surface area contributed by atoms with Crippen LogP contribution >= 0.6 is 11.6 Å². The van der Waals surface area contributed by atoms with Crippen LogP contribution in [0, 0.1) is 0 Å². The van der Waals surface area contributed by atoms with Gasteiger partial charge in [0.05, 0.1) is 70.1 Å². The minimum absolute atomic E-state index is 0.0434. The highest BCUT2D eigenvalue weighted by molar-refractivity contribution is 6.30. The van der Waals surface area contributed by atoms with Crippen molar-refractivity contribution in [3.05, 3.63) is 113 Å². The number of anilines is 1. The number of piperazine rings is 1. The SMILES string of the molecule is CCOc1cc(OC)ccc1CNCC(=O)N1CCCC(c2cccc(C(=O)NCCOCCOCCC(=O)N3CCN(CC[C@H](NC(=O)C4(N)CCN(c5ncnc6[nH]ccc56)CC4)c4ccc(Cl)cc4)CC3)c2)C1. The summed E-state index contributed by atoms with van der Waals surface area (Å²) in [6, 6.07) is 22.6. The van der Waals surface area contributed by atoms with E-state index in [4.69, 9.17) is 36.3 Å². The number of likely N-dealkylation sites (tertiary alicyclic amines) is 1. The summed E-state index contributed by atoms with van der Waals surface area (Å²) in [5.41, 5.74) is 10.1. The number of nitrogens with one attached hydrogen (secondary N) is 4. The molecule has 5 aromatic rings. The van der Waals surface area contributed by atoms with Gasteiger partial charge in [0.25, 0.3) is 5.91 Å². The molecule has 19 nitrogen and oxygen atoms in total. The van der Waals surface area contributed by atoms with Crippen LogP contribution in [0.2, 0.25) is 5.02 Å². The number of fused-ring (bicyclic) bond motifs is 1. The van der Waals surface area contributed by atoms with E-state index in [2.05, 4.69) is 40.7 Å². The number of H-pyrrole nitrogens is 1. The van der Waals surface area contributed by atoms with Crippen molar-refractivity contribution < 1.29 is 38.1 Å². The van der Waals surface area contributed by atoms with Crippen molar-refractivity contribution in [2.24, 2.45) is 5.73 Å². The average molecular weight is 1060 g/mol. The first-order chi connectivity index (χ1) is 37.0. The lowest BCUT2D eigenvalue weighted by molar-refractivity contribution is -0.134. The van der Waals surface area contributed by atoms with Crippen LogP contribution < -0.4 is 36.1 Å². The average Bonchev–Trinajstić information content (AvgIpc) is 3.94. The van der Waals surface area contributed by atoms with Gasteiger partial charge in [-0.2, -0.15) is 0 Å². The Bertz CT molecular complexity index is 2690. The van der Waals surface area contributed by atoms with Gasteiger partial charge in [0.2, 0.25) is 17.7 Å². The molecule has 3 aromatic carbocycles. The van der Waals surface area contributed by atoms with E-state index in [1.165, 1.54) is 0 Å². The van der Waals surface area contributed by atoms with Gasteiger partial charge < -0.3 is 60.3 Å². The highest BCUT2D eigenvalue weighted by Gasteiger charge is 2.39. The van der Waals surface area contributed by atoms with Gasteiger partial charge in [0.1, 0.15) is 29.3 Å². The van der Waals surface area contributed by atoms with Crippen LogP contribution in [0.25, 0.3) is 11.0 Å². The first-order valence-electron chi connectivity index (χ1n) is 26.7. The second-order valence-electron chi connectivity index (χ2n) is 19.7. The molecule has 0 aliphatic carbocycles. The zero-order valence-corrected chi connectivity index (χ0v) is 44.7. The Morgan fingerprint density at radius 2 is 1.67 bits per heavy atom. The first kappa shape index (κ1) is 55.9. The molecule has 3 aliphatic heterocycles. The van der Waals surface area contributed by atoms with E-state index >= 15 is 0 Å².